The van der Waals surface area contributed by atoms with Crippen molar-refractivity contribution in [3.63, 3.8) is 0 Å². The highest BCUT2D eigenvalue weighted by Gasteiger charge is 2.19. The van der Waals surface area contributed by atoms with Gasteiger partial charge in [0.25, 0.3) is 0 Å². The van der Waals surface area contributed by atoms with Crippen LogP contribution in [0, 0.1) is 13.8 Å². The van der Waals surface area contributed by atoms with E-state index in [9.17, 15) is 0 Å². The van der Waals surface area contributed by atoms with E-state index in [2.05, 4.69) is 104 Å². The molecule has 0 saturated carbocycles. The summed E-state index contributed by atoms with van der Waals surface area (Å²) in [5, 5.41) is 3.79. The molecule has 0 fully saturated rings. The third-order valence-electron chi connectivity index (χ3n) is 4.92. The molecule has 3 aromatic carbocycles. The van der Waals surface area contributed by atoms with Gasteiger partial charge in [-0.1, -0.05) is 68.4 Å². The number of aryl methyl sites for hydroxylation is 2. The van der Waals surface area contributed by atoms with E-state index in [1.165, 1.54) is 11.1 Å². The van der Waals surface area contributed by atoms with E-state index < -0.39 is 0 Å². The lowest BCUT2D eigenvalue weighted by Gasteiger charge is -2.30. The quantitative estimate of drug-likeness (QED) is 0.269. The lowest BCUT2D eigenvalue weighted by atomic mass is 10.1. The smallest absolute Gasteiger partial charge is 0.211 e. The van der Waals surface area contributed by atoms with Crippen LogP contribution in [0.3, 0.4) is 0 Å². The van der Waals surface area contributed by atoms with Crippen LogP contribution >= 0.6 is 8.07 Å². The Hall–Kier alpha value is -2.64. The molecule has 29 heavy (non-hydrogen) atoms. The van der Waals surface area contributed by atoms with Crippen molar-refractivity contribution in [1.29, 1.82) is 0 Å². The summed E-state index contributed by atoms with van der Waals surface area (Å²) in [5.74, 6) is 0.884. The van der Waals surface area contributed by atoms with Crippen LogP contribution in [-0.2, 0) is 0 Å². The molecule has 0 aliphatic carbocycles. The molecule has 0 atom stereocenters. The van der Waals surface area contributed by atoms with E-state index in [1.807, 2.05) is 12.1 Å². The molecule has 4 heteroatoms. The zero-order valence-corrected chi connectivity index (χ0v) is 18.7. The van der Waals surface area contributed by atoms with Crippen LogP contribution < -0.4 is 9.99 Å². The maximum atomic E-state index is 5.19. The fourth-order valence-electron chi connectivity index (χ4n) is 3.28. The molecule has 0 spiro atoms. The van der Waals surface area contributed by atoms with Gasteiger partial charge >= 0.3 is 0 Å². The van der Waals surface area contributed by atoms with Crippen LogP contribution in [0.2, 0.25) is 0 Å². The standard InChI is InChI=1S/C25H30N3P/c1-5-29(6-2)27-25(26-24-20(3)14-13-15-21(24)4)28(22-16-9-7-10-17-22)23-18-11-8-12-19-23/h7-19H,5-6H2,1-4H3,(H,26,27). The SMILES string of the molecule is CCP(CC)N/C(=N/c1c(C)cccc1C)N(c1ccccc1)c1ccccc1. The molecule has 150 valence electrons. The van der Waals surface area contributed by atoms with Crippen LogP contribution in [0.15, 0.2) is 83.9 Å². The third-order valence-corrected chi connectivity index (χ3v) is 6.96. The molecule has 3 aromatic rings. The van der Waals surface area contributed by atoms with Gasteiger partial charge in [-0.2, -0.15) is 0 Å². The molecule has 0 aliphatic rings. The van der Waals surface area contributed by atoms with Gasteiger partial charge in [0.2, 0.25) is 5.96 Å². The predicted molar refractivity (Wildman–Crippen MR) is 129 cm³/mol. The lowest BCUT2D eigenvalue weighted by molar-refractivity contribution is 1.20. The summed E-state index contributed by atoms with van der Waals surface area (Å²) in [7, 11) is -0.347. The van der Waals surface area contributed by atoms with E-state index in [-0.39, 0.29) is 8.07 Å². The molecule has 3 rings (SSSR count). The summed E-state index contributed by atoms with van der Waals surface area (Å²) in [4.78, 5) is 7.42. The highest BCUT2D eigenvalue weighted by atomic mass is 31.1. The average molecular weight is 404 g/mol. The summed E-state index contributed by atoms with van der Waals surface area (Å²) < 4.78 is 0. The molecule has 0 radical (unpaired) electrons. The molecular formula is C25H30N3P. The minimum atomic E-state index is -0.347. The summed E-state index contributed by atoms with van der Waals surface area (Å²) in [6, 6.07) is 27.3. The number of guanidine groups is 1. The number of para-hydroxylation sites is 3. The largest absolute Gasteiger partial charge is 0.334 e. The first-order chi connectivity index (χ1) is 14.1. The molecule has 0 heterocycles. The minimum absolute atomic E-state index is 0.347. The fourth-order valence-corrected chi connectivity index (χ4v) is 4.48. The van der Waals surface area contributed by atoms with Crippen molar-refractivity contribution in [1.82, 2.24) is 5.09 Å². The van der Waals surface area contributed by atoms with Crippen LogP contribution in [0.25, 0.3) is 0 Å². The zero-order chi connectivity index (χ0) is 20.6. The van der Waals surface area contributed by atoms with Crippen molar-refractivity contribution in [3.8, 4) is 0 Å². The number of anilines is 2. The van der Waals surface area contributed by atoms with E-state index in [1.54, 1.807) is 0 Å². The van der Waals surface area contributed by atoms with E-state index in [0.717, 1.165) is 35.3 Å². The zero-order valence-electron chi connectivity index (χ0n) is 17.8. The number of hydrogen-bond donors (Lipinski definition) is 1. The van der Waals surface area contributed by atoms with Gasteiger partial charge in [0, 0.05) is 11.4 Å². The summed E-state index contributed by atoms with van der Waals surface area (Å²) >= 11 is 0. The second-order valence-corrected chi connectivity index (χ2v) is 9.53. The third kappa shape index (κ3) is 5.25. The Morgan fingerprint density at radius 3 is 1.69 bits per heavy atom. The maximum absolute atomic E-state index is 5.19. The predicted octanol–water partition coefficient (Wildman–Crippen LogP) is 7.16. The van der Waals surface area contributed by atoms with Gasteiger partial charge in [-0.3, -0.25) is 4.90 Å². The summed E-state index contributed by atoms with van der Waals surface area (Å²) in [5.41, 5.74) is 5.59. The van der Waals surface area contributed by atoms with Crippen molar-refractivity contribution in [3.05, 3.63) is 90.0 Å². The Kier molecular flexibility index (Phi) is 7.43. The fraction of sp³-hybridized carbons (Fsp3) is 0.240. The van der Waals surface area contributed by atoms with Crippen LogP contribution in [0.4, 0.5) is 17.1 Å². The molecule has 0 amide bonds. The van der Waals surface area contributed by atoms with Crippen LogP contribution in [0.5, 0.6) is 0 Å². The highest BCUT2D eigenvalue weighted by Crippen LogP contribution is 2.34. The molecule has 0 aliphatic heterocycles. The summed E-state index contributed by atoms with van der Waals surface area (Å²) in [6.07, 6.45) is 2.21. The molecular weight excluding hydrogens is 373 g/mol. The van der Waals surface area contributed by atoms with Gasteiger partial charge in [0.15, 0.2) is 0 Å². The average Bonchev–Trinajstić information content (AvgIpc) is 2.76. The van der Waals surface area contributed by atoms with Crippen molar-refractivity contribution in [2.45, 2.75) is 27.7 Å². The Balaban J connectivity index is 2.19. The lowest BCUT2D eigenvalue weighted by Crippen LogP contribution is -2.36. The van der Waals surface area contributed by atoms with Gasteiger partial charge < -0.3 is 5.09 Å². The molecule has 3 nitrogen and oxygen atoms in total. The normalized spacial score (nSPS) is 11.6. The Bertz CT molecular complexity index is 875. The highest BCUT2D eigenvalue weighted by molar-refractivity contribution is 7.56. The number of rotatable bonds is 6. The molecule has 0 aromatic heterocycles. The van der Waals surface area contributed by atoms with Crippen molar-refractivity contribution in [2.75, 3.05) is 17.2 Å². The van der Waals surface area contributed by atoms with E-state index >= 15 is 0 Å². The number of nitrogens with zero attached hydrogens (tertiary/aromatic N) is 2. The van der Waals surface area contributed by atoms with Gasteiger partial charge in [0.1, 0.15) is 0 Å². The first kappa shape index (κ1) is 21.1. The van der Waals surface area contributed by atoms with Gasteiger partial charge in [-0.05, 0) is 69.6 Å². The second-order valence-electron chi connectivity index (χ2n) is 6.97. The molecule has 0 saturated heterocycles. The first-order valence-electron chi connectivity index (χ1n) is 10.2. The minimum Gasteiger partial charge on any atom is -0.334 e. The van der Waals surface area contributed by atoms with Gasteiger partial charge in [0.05, 0.1) is 5.69 Å². The maximum Gasteiger partial charge on any atom is 0.211 e. The second kappa shape index (κ2) is 10.2. The van der Waals surface area contributed by atoms with Crippen LogP contribution in [0.1, 0.15) is 25.0 Å². The number of aliphatic imine (C=N–C) groups is 1. The van der Waals surface area contributed by atoms with Crippen molar-refractivity contribution >= 4 is 31.1 Å². The number of benzene rings is 3. The molecule has 0 unspecified atom stereocenters. The molecule has 0 bridgehead atoms. The number of hydrogen-bond acceptors (Lipinski definition) is 1. The monoisotopic (exact) mass is 403 g/mol. The number of nitrogens with one attached hydrogen (secondary N) is 1. The Morgan fingerprint density at radius 2 is 1.24 bits per heavy atom. The summed E-state index contributed by atoms with van der Waals surface area (Å²) in [6.45, 7) is 8.74. The van der Waals surface area contributed by atoms with E-state index in [0.29, 0.717) is 0 Å². The first-order valence-corrected chi connectivity index (χ1v) is 11.9. The van der Waals surface area contributed by atoms with Crippen LogP contribution in [-0.4, -0.2) is 18.3 Å². The van der Waals surface area contributed by atoms with Crippen molar-refractivity contribution < 1.29 is 0 Å². The molecule has 1 N–H and O–H groups in total. The Labute approximate surface area is 176 Å². The Morgan fingerprint density at radius 1 is 0.759 bits per heavy atom. The van der Waals surface area contributed by atoms with Gasteiger partial charge in [-0.25, -0.2) is 4.99 Å². The topological polar surface area (TPSA) is 27.6 Å². The van der Waals surface area contributed by atoms with Gasteiger partial charge in [-0.15, -0.1) is 0 Å². The van der Waals surface area contributed by atoms with E-state index in [4.69, 9.17) is 4.99 Å². The van der Waals surface area contributed by atoms with Crippen molar-refractivity contribution in [2.24, 2.45) is 4.99 Å².